The van der Waals surface area contributed by atoms with Gasteiger partial charge in [-0.25, -0.2) is 0 Å². The molecule has 0 aromatic heterocycles. The molecule has 92 valence electrons. The van der Waals surface area contributed by atoms with Crippen LogP contribution in [-0.4, -0.2) is 10.9 Å². The number of hydrogen-bond donors (Lipinski definition) is 2. The van der Waals surface area contributed by atoms with Crippen LogP contribution in [0.4, 0.5) is 5.69 Å². The zero-order chi connectivity index (χ0) is 13.1. The van der Waals surface area contributed by atoms with Gasteiger partial charge in [-0.3, -0.25) is 0 Å². The third-order valence-electron chi connectivity index (χ3n) is 2.50. The summed E-state index contributed by atoms with van der Waals surface area (Å²) in [6.07, 6.45) is 0. The number of halogens is 2. The lowest BCUT2D eigenvalue weighted by Gasteiger charge is -2.09. The summed E-state index contributed by atoms with van der Waals surface area (Å²) in [5.74, 6) is 0. The van der Waals surface area contributed by atoms with Crippen LogP contribution in [0.1, 0.15) is 11.1 Å². The van der Waals surface area contributed by atoms with E-state index >= 15 is 0 Å². The number of hydrogen-bond acceptors (Lipinski definition) is 3. The molecule has 0 heterocycles. The van der Waals surface area contributed by atoms with Crippen molar-refractivity contribution in [2.75, 3.05) is 5.73 Å². The number of benzene rings is 2. The Balaban J connectivity index is 2.60. The van der Waals surface area contributed by atoms with Gasteiger partial charge in [-0.05, 0) is 24.3 Å². The highest BCUT2D eigenvalue weighted by Crippen LogP contribution is 2.25. The van der Waals surface area contributed by atoms with Crippen LogP contribution in [0.15, 0.2) is 47.6 Å². The van der Waals surface area contributed by atoms with Crippen LogP contribution >= 0.6 is 23.2 Å². The maximum absolute atomic E-state index is 9.20. The van der Waals surface area contributed by atoms with Gasteiger partial charge in [-0.1, -0.05) is 46.6 Å². The Morgan fingerprint density at radius 1 is 1.06 bits per heavy atom. The number of nitrogens with two attached hydrogens (primary N) is 1. The van der Waals surface area contributed by atoms with Gasteiger partial charge in [-0.2, -0.15) is 0 Å². The van der Waals surface area contributed by atoms with Gasteiger partial charge in [0.05, 0.1) is 5.02 Å². The van der Waals surface area contributed by atoms with Crippen molar-refractivity contribution in [2.45, 2.75) is 0 Å². The van der Waals surface area contributed by atoms with Gasteiger partial charge < -0.3 is 10.9 Å². The second-order valence-corrected chi connectivity index (χ2v) is 4.50. The van der Waals surface area contributed by atoms with E-state index in [4.69, 9.17) is 28.9 Å². The summed E-state index contributed by atoms with van der Waals surface area (Å²) in [4.78, 5) is 0. The lowest BCUT2D eigenvalue weighted by Crippen LogP contribution is -2.07. The van der Waals surface area contributed by atoms with Crippen molar-refractivity contribution in [2.24, 2.45) is 5.16 Å². The second-order valence-electron chi connectivity index (χ2n) is 3.66. The fourth-order valence-corrected chi connectivity index (χ4v) is 2.04. The number of nitrogen functional groups attached to an aromatic ring is 1. The molecule has 0 bridgehead atoms. The molecule has 0 saturated carbocycles. The summed E-state index contributed by atoms with van der Waals surface area (Å²) in [7, 11) is 0. The Morgan fingerprint density at radius 3 is 2.44 bits per heavy atom. The van der Waals surface area contributed by atoms with Crippen LogP contribution in [0, 0.1) is 0 Å². The predicted molar refractivity (Wildman–Crippen MR) is 74.7 cm³/mol. The van der Waals surface area contributed by atoms with Gasteiger partial charge in [-0.15, -0.1) is 0 Å². The van der Waals surface area contributed by atoms with Crippen LogP contribution in [0.25, 0.3) is 0 Å². The van der Waals surface area contributed by atoms with Crippen molar-refractivity contribution in [3.8, 4) is 0 Å². The molecule has 2 rings (SSSR count). The third-order valence-corrected chi connectivity index (χ3v) is 3.06. The van der Waals surface area contributed by atoms with Crippen LogP contribution in [0.2, 0.25) is 10.0 Å². The molecule has 0 unspecified atom stereocenters. The van der Waals surface area contributed by atoms with Crippen molar-refractivity contribution in [1.82, 2.24) is 0 Å². The predicted octanol–water partition coefficient (Wildman–Crippen LogP) is 3.80. The summed E-state index contributed by atoms with van der Waals surface area (Å²) < 4.78 is 0. The molecule has 0 saturated heterocycles. The van der Waals surface area contributed by atoms with Gasteiger partial charge >= 0.3 is 0 Å². The van der Waals surface area contributed by atoms with E-state index in [1.54, 1.807) is 42.5 Å². The molecule has 0 spiro atoms. The van der Waals surface area contributed by atoms with Crippen molar-refractivity contribution < 1.29 is 5.21 Å². The van der Waals surface area contributed by atoms with E-state index in [2.05, 4.69) is 5.16 Å². The molecule has 3 nitrogen and oxygen atoms in total. The molecular formula is C13H10Cl2N2O. The first kappa shape index (κ1) is 12.7. The van der Waals surface area contributed by atoms with Crippen molar-refractivity contribution in [3.63, 3.8) is 0 Å². The number of oxime groups is 1. The Bertz CT molecular complexity index is 612. The van der Waals surface area contributed by atoms with Crippen LogP contribution in [0.5, 0.6) is 0 Å². The molecule has 0 aliphatic rings. The Morgan fingerprint density at radius 2 is 1.78 bits per heavy atom. The second kappa shape index (κ2) is 5.29. The Kier molecular flexibility index (Phi) is 3.75. The largest absolute Gasteiger partial charge is 0.410 e. The molecular weight excluding hydrogens is 271 g/mol. The molecule has 18 heavy (non-hydrogen) atoms. The van der Waals surface area contributed by atoms with Gasteiger partial charge in [0.1, 0.15) is 5.71 Å². The zero-order valence-electron chi connectivity index (χ0n) is 9.27. The SMILES string of the molecule is Nc1ccc(Cl)cc1/C(=N\O)c1ccccc1Cl. The molecule has 0 amide bonds. The third kappa shape index (κ3) is 2.42. The lowest BCUT2D eigenvalue weighted by atomic mass is 10.0. The minimum absolute atomic E-state index is 0.292. The smallest absolute Gasteiger partial charge is 0.120 e. The average molecular weight is 281 g/mol. The van der Waals surface area contributed by atoms with Crippen LogP contribution < -0.4 is 5.73 Å². The molecule has 0 fully saturated rings. The van der Waals surface area contributed by atoms with Crippen molar-refractivity contribution in [3.05, 3.63) is 63.6 Å². The van der Waals surface area contributed by atoms with E-state index in [0.717, 1.165) is 0 Å². The molecule has 2 aromatic carbocycles. The van der Waals surface area contributed by atoms with E-state index in [9.17, 15) is 5.21 Å². The van der Waals surface area contributed by atoms with Gasteiger partial charge in [0.2, 0.25) is 0 Å². The Hall–Kier alpha value is -1.71. The first-order valence-electron chi connectivity index (χ1n) is 5.16. The summed E-state index contributed by atoms with van der Waals surface area (Å²) in [5, 5.41) is 13.5. The maximum Gasteiger partial charge on any atom is 0.120 e. The molecule has 0 radical (unpaired) electrons. The summed E-state index contributed by atoms with van der Waals surface area (Å²) in [6.45, 7) is 0. The highest BCUT2D eigenvalue weighted by molar-refractivity contribution is 6.36. The Labute approximate surface area is 114 Å². The van der Waals surface area contributed by atoms with Gasteiger partial charge in [0.25, 0.3) is 0 Å². The summed E-state index contributed by atoms with van der Waals surface area (Å²) in [5.41, 5.74) is 7.75. The zero-order valence-corrected chi connectivity index (χ0v) is 10.8. The molecule has 5 heteroatoms. The highest BCUT2D eigenvalue weighted by atomic mass is 35.5. The summed E-state index contributed by atoms with van der Waals surface area (Å²) >= 11 is 12.0. The maximum atomic E-state index is 9.20. The van der Waals surface area contributed by atoms with Crippen LogP contribution in [-0.2, 0) is 0 Å². The quantitative estimate of drug-likeness (QED) is 0.380. The standard InChI is InChI=1S/C13H10Cl2N2O/c14-8-5-6-12(16)10(7-8)13(17-18)9-3-1-2-4-11(9)15/h1-7,18H,16H2/b17-13-. The first-order chi connectivity index (χ1) is 8.63. The van der Waals surface area contributed by atoms with Crippen molar-refractivity contribution >= 4 is 34.6 Å². The fraction of sp³-hybridized carbons (Fsp3) is 0. The molecule has 2 aromatic rings. The van der Waals surface area contributed by atoms with Gasteiger partial charge in [0, 0.05) is 21.8 Å². The van der Waals surface area contributed by atoms with Crippen molar-refractivity contribution in [1.29, 1.82) is 0 Å². The first-order valence-corrected chi connectivity index (χ1v) is 5.91. The normalized spacial score (nSPS) is 11.6. The molecule has 0 aliphatic heterocycles. The number of anilines is 1. The van der Waals surface area contributed by atoms with E-state index in [-0.39, 0.29) is 0 Å². The highest BCUT2D eigenvalue weighted by Gasteiger charge is 2.14. The van der Waals surface area contributed by atoms with E-state index in [1.165, 1.54) is 0 Å². The average Bonchev–Trinajstić information content (AvgIpc) is 2.36. The lowest BCUT2D eigenvalue weighted by molar-refractivity contribution is 0.319. The molecule has 0 aliphatic carbocycles. The van der Waals surface area contributed by atoms with E-state index in [0.29, 0.717) is 32.6 Å². The molecule has 0 atom stereocenters. The molecule has 3 N–H and O–H groups in total. The van der Waals surface area contributed by atoms with E-state index in [1.807, 2.05) is 0 Å². The van der Waals surface area contributed by atoms with Gasteiger partial charge in [0.15, 0.2) is 0 Å². The topological polar surface area (TPSA) is 58.6 Å². The number of rotatable bonds is 2. The summed E-state index contributed by atoms with van der Waals surface area (Å²) in [6, 6.07) is 12.0. The monoisotopic (exact) mass is 280 g/mol. The number of nitrogens with zero attached hydrogens (tertiary/aromatic N) is 1. The fourth-order valence-electron chi connectivity index (χ4n) is 1.64. The minimum Gasteiger partial charge on any atom is -0.410 e. The van der Waals surface area contributed by atoms with Crippen LogP contribution in [0.3, 0.4) is 0 Å². The minimum atomic E-state index is 0.292. The van der Waals surface area contributed by atoms with E-state index < -0.39 is 0 Å².